The molecule has 0 aliphatic heterocycles. The number of nitrogens with one attached hydrogen (secondary N) is 1. The van der Waals surface area contributed by atoms with Crippen molar-refractivity contribution in [1.82, 2.24) is 4.98 Å². The maximum absolute atomic E-state index is 10.9. The molecule has 1 rings (SSSR count). The monoisotopic (exact) mass is 272 g/mol. The normalized spacial score (nSPS) is 9.80. The quantitative estimate of drug-likeness (QED) is 0.861. The zero-order valence-corrected chi connectivity index (χ0v) is 9.75. The molecule has 0 fully saturated rings. The molecule has 5 nitrogen and oxygen atoms in total. The molecule has 1 heterocycles. The van der Waals surface area contributed by atoms with Crippen molar-refractivity contribution in [3.8, 4) is 0 Å². The summed E-state index contributed by atoms with van der Waals surface area (Å²) < 4.78 is 0.502. The van der Waals surface area contributed by atoms with E-state index in [-0.39, 0.29) is 11.6 Å². The minimum absolute atomic E-state index is 0.0616. The fraction of sp³-hybridized carbons (Fsp3) is 0.222. The minimum atomic E-state index is -1.10. The van der Waals surface area contributed by atoms with Crippen LogP contribution >= 0.6 is 15.9 Å². The summed E-state index contributed by atoms with van der Waals surface area (Å²) in [4.78, 5) is 25.4. The first kappa shape index (κ1) is 11.6. The molecule has 2 N–H and O–H groups in total. The molecule has 0 aliphatic carbocycles. The first-order valence-electron chi connectivity index (χ1n) is 4.10. The number of aromatic nitrogens is 1. The highest BCUT2D eigenvalue weighted by Gasteiger charge is 2.12. The molecule has 15 heavy (non-hydrogen) atoms. The van der Waals surface area contributed by atoms with Gasteiger partial charge in [0.2, 0.25) is 5.91 Å². The molecule has 0 unspecified atom stereocenters. The Kier molecular flexibility index (Phi) is 3.41. The third-order valence-corrected chi connectivity index (χ3v) is 2.30. The molecule has 0 saturated heterocycles. The van der Waals surface area contributed by atoms with Gasteiger partial charge in [0.15, 0.2) is 0 Å². The van der Waals surface area contributed by atoms with Gasteiger partial charge >= 0.3 is 5.97 Å². The number of carbonyl (C=O) groups excluding carboxylic acids is 1. The number of aryl methyl sites for hydroxylation is 1. The molecule has 0 saturated carbocycles. The standard InChI is InChI=1S/C9H9BrN2O3/c1-4-8(12-5(2)13)6(10)3-7(11-4)9(14)15/h3H,1-2H3,(H,12,13)(H,14,15). The van der Waals surface area contributed by atoms with Gasteiger partial charge < -0.3 is 10.4 Å². The van der Waals surface area contributed by atoms with Gasteiger partial charge in [-0.25, -0.2) is 9.78 Å². The van der Waals surface area contributed by atoms with E-state index in [4.69, 9.17) is 5.11 Å². The Bertz CT molecular complexity index is 408. The molecule has 0 bridgehead atoms. The summed E-state index contributed by atoms with van der Waals surface area (Å²) >= 11 is 3.18. The Balaban J connectivity index is 3.21. The lowest BCUT2D eigenvalue weighted by Crippen LogP contribution is -2.11. The van der Waals surface area contributed by atoms with Crippen LogP contribution in [0.25, 0.3) is 0 Å². The maximum Gasteiger partial charge on any atom is 0.354 e. The van der Waals surface area contributed by atoms with Crippen LogP contribution in [0.3, 0.4) is 0 Å². The lowest BCUT2D eigenvalue weighted by molar-refractivity contribution is -0.114. The summed E-state index contributed by atoms with van der Waals surface area (Å²) in [6, 6.07) is 1.35. The van der Waals surface area contributed by atoms with E-state index >= 15 is 0 Å². The second-order valence-electron chi connectivity index (χ2n) is 2.94. The molecule has 0 radical (unpaired) electrons. The van der Waals surface area contributed by atoms with Crippen molar-refractivity contribution < 1.29 is 14.7 Å². The molecular formula is C9H9BrN2O3. The number of rotatable bonds is 2. The number of anilines is 1. The van der Waals surface area contributed by atoms with E-state index in [0.717, 1.165) is 0 Å². The highest BCUT2D eigenvalue weighted by atomic mass is 79.9. The number of carboxylic acid groups (broad SMARTS) is 1. The van der Waals surface area contributed by atoms with Crippen molar-refractivity contribution in [2.75, 3.05) is 5.32 Å². The largest absolute Gasteiger partial charge is 0.477 e. The van der Waals surface area contributed by atoms with Gasteiger partial charge in [0, 0.05) is 11.4 Å². The molecule has 0 spiro atoms. The topological polar surface area (TPSA) is 79.3 Å². The number of halogens is 1. The van der Waals surface area contributed by atoms with Crippen molar-refractivity contribution in [1.29, 1.82) is 0 Å². The molecule has 0 aliphatic rings. The number of nitrogens with zero attached hydrogens (tertiary/aromatic N) is 1. The molecule has 0 atom stereocenters. The summed E-state index contributed by atoms with van der Waals surface area (Å²) in [5, 5.41) is 11.3. The zero-order chi connectivity index (χ0) is 11.6. The average Bonchev–Trinajstić information content (AvgIpc) is 2.10. The highest BCUT2D eigenvalue weighted by molar-refractivity contribution is 9.10. The van der Waals surface area contributed by atoms with Crippen LogP contribution in [-0.4, -0.2) is 22.0 Å². The number of aromatic carboxylic acids is 1. The number of hydrogen-bond donors (Lipinski definition) is 2. The smallest absolute Gasteiger partial charge is 0.354 e. The number of hydrogen-bond acceptors (Lipinski definition) is 3. The van der Waals surface area contributed by atoms with Crippen LogP contribution in [0.15, 0.2) is 10.5 Å². The van der Waals surface area contributed by atoms with Gasteiger partial charge in [-0.15, -0.1) is 0 Å². The number of pyridine rings is 1. The van der Waals surface area contributed by atoms with Crippen molar-refractivity contribution in [3.63, 3.8) is 0 Å². The van der Waals surface area contributed by atoms with E-state index < -0.39 is 5.97 Å². The fourth-order valence-corrected chi connectivity index (χ4v) is 1.67. The zero-order valence-electron chi connectivity index (χ0n) is 8.17. The van der Waals surface area contributed by atoms with Gasteiger partial charge in [0.1, 0.15) is 5.69 Å². The number of amides is 1. The molecule has 1 aromatic rings. The van der Waals surface area contributed by atoms with Crippen LogP contribution in [0, 0.1) is 6.92 Å². The van der Waals surface area contributed by atoms with Gasteiger partial charge in [0.05, 0.1) is 11.4 Å². The van der Waals surface area contributed by atoms with Crippen molar-refractivity contribution in [2.24, 2.45) is 0 Å². The maximum atomic E-state index is 10.9. The minimum Gasteiger partial charge on any atom is -0.477 e. The van der Waals surface area contributed by atoms with E-state index in [1.807, 2.05) is 0 Å². The second-order valence-corrected chi connectivity index (χ2v) is 3.79. The summed E-state index contributed by atoms with van der Waals surface area (Å²) in [5.74, 6) is -1.34. The molecule has 1 aromatic heterocycles. The predicted molar refractivity (Wildman–Crippen MR) is 57.9 cm³/mol. The molecular weight excluding hydrogens is 264 g/mol. The van der Waals surface area contributed by atoms with Crippen molar-refractivity contribution >= 4 is 33.5 Å². The SMILES string of the molecule is CC(=O)Nc1c(Br)cc(C(=O)O)nc1C. The first-order valence-corrected chi connectivity index (χ1v) is 4.89. The van der Waals surface area contributed by atoms with Crippen molar-refractivity contribution in [2.45, 2.75) is 13.8 Å². The van der Waals surface area contributed by atoms with E-state index in [9.17, 15) is 9.59 Å². The van der Waals surface area contributed by atoms with Crippen LogP contribution in [0.5, 0.6) is 0 Å². The second kappa shape index (κ2) is 4.39. The summed E-state index contributed by atoms with van der Waals surface area (Å²) in [6.45, 7) is 3.00. The van der Waals surface area contributed by atoms with Crippen LogP contribution in [0.2, 0.25) is 0 Å². The van der Waals surface area contributed by atoms with Crippen LogP contribution in [0.4, 0.5) is 5.69 Å². The van der Waals surface area contributed by atoms with Crippen LogP contribution in [-0.2, 0) is 4.79 Å². The Morgan fingerprint density at radius 3 is 2.53 bits per heavy atom. The van der Waals surface area contributed by atoms with Gasteiger partial charge in [-0.05, 0) is 28.9 Å². The van der Waals surface area contributed by atoms with Crippen LogP contribution < -0.4 is 5.32 Å². The lowest BCUT2D eigenvalue weighted by atomic mass is 10.2. The molecule has 1 amide bonds. The summed E-state index contributed by atoms with van der Waals surface area (Å²) in [7, 11) is 0. The summed E-state index contributed by atoms with van der Waals surface area (Å²) in [6.07, 6.45) is 0. The van der Waals surface area contributed by atoms with Gasteiger partial charge in [-0.1, -0.05) is 0 Å². The summed E-state index contributed by atoms with van der Waals surface area (Å²) in [5.41, 5.74) is 0.887. The van der Waals surface area contributed by atoms with Crippen molar-refractivity contribution in [3.05, 3.63) is 21.9 Å². The third kappa shape index (κ3) is 2.76. The molecule has 80 valence electrons. The fourth-order valence-electron chi connectivity index (χ4n) is 1.07. The Hall–Kier alpha value is -1.43. The Morgan fingerprint density at radius 1 is 1.53 bits per heavy atom. The Morgan fingerprint density at radius 2 is 2.13 bits per heavy atom. The lowest BCUT2D eigenvalue weighted by Gasteiger charge is -2.08. The average molecular weight is 273 g/mol. The highest BCUT2D eigenvalue weighted by Crippen LogP contribution is 2.25. The first-order chi connectivity index (χ1) is 6.91. The van der Waals surface area contributed by atoms with Gasteiger partial charge in [0.25, 0.3) is 0 Å². The van der Waals surface area contributed by atoms with E-state index in [1.165, 1.54) is 13.0 Å². The van der Waals surface area contributed by atoms with E-state index in [1.54, 1.807) is 6.92 Å². The van der Waals surface area contributed by atoms with E-state index in [0.29, 0.717) is 15.9 Å². The number of carboxylic acids is 1. The molecule has 0 aromatic carbocycles. The predicted octanol–water partition coefficient (Wildman–Crippen LogP) is 1.81. The van der Waals surface area contributed by atoms with E-state index in [2.05, 4.69) is 26.2 Å². The van der Waals surface area contributed by atoms with Crippen LogP contribution in [0.1, 0.15) is 23.1 Å². The van der Waals surface area contributed by atoms with Gasteiger partial charge in [-0.3, -0.25) is 4.79 Å². The number of carbonyl (C=O) groups is 2. The molecule has 6 heteroatoms. The van der Waals surface area contributed by atoms with Gasteiger partial charge in [-0.2, -0.15) is 0 Å². The Labute approximate surface area is 94.6 Å². The third-order valence-electron chi connectivity index (χ3n) is 1.67.